The van der Waals surface area contributed by atoms with E-state index < -0.39 is 6.10 Å². The second-order valence-electron chi connectivity index (χ2n) is 3.91. The van der Waals surface area contributed by atoms with Crippen LogP contribution in [0.2, 0.25) is 0 Å². The van der Waals surface area contributed by atoms with Crippen molar-refractivity contribution in [2.45, 2.75) is 6.10 Å². The predicted octanol–water partition coefficient (Wildman–Crippen LogP) is 2.44. The number of nitrogens with zero attached hydrogens (tertiary/aromatic N) is 2. The van der Waals surface area contributed by atoms with Crippen LogP contribution in [-0.4, -0.2) is 15.1 Å². The topological polar surface area (TPSA) is 59.2 Å². The van der Waals surface area contributed by atoms with E-state index in [0.717, 1.165) is 0 Å². The zero-order valence-electron chi connectivity index (χ0n) is 9.25. The average molecular weight is 244 g/mol. The molecule has 1 aromatic carbocycles. The SMILES string of the molecule is OC(c1cncnc1)c1cc2cc(F)ccc2o1. The summed E-state index contributed by atoms with van der Waals surface area (Å²) in [4.78, 5) is 7.65. The number of aliphatic hydroxyl groups excluding tert-OH is 1. The van der Waals surface area contributed by atoms with Crippen LogP contribution in [0.4, 0.5) is 4.39 Å². The van der Waals surface area contributed by atoms with E-state index in [9.17, 15) is 9.50 Å². The number of halogens is 1. The Kier molecular flexibility index (Phi) is 2.53. The first-order valence-corrected chi connectivity index (χ1v) is 5.36. The number of furan rings is 1. The number of hydrogen-bond acceptors (Lipinski definition) is 4. The van der Waals surface area contributed by atoms with E-state index >= 15 is 0 Å². The van der Waals surface area contributed by atoms with E-state index in [0.29, 0.717) is 22.3 Å². The highest BCUT2D eigenvalue weighted by molar-refractivity contribution is 5.78. The Morgan fingerprint density at radius 1 is 1.17 bits per heavy atom. The third kappa shape index (κ3) is 1.84. The third-order valence-electron chi connectivity index (χ3n) is 2.66. The summed E-state index contributed by atoms with van der Waals surface area (Å²) in [5.41, 5.74) is 1.05. The van der Waals surface area contributed by atoms with Crippen LogP contribution in [0.15, 0.2) is 47.4 Å². The van der Waals surface area contributed by atoms with Crippen LogP contribution in [-0.2, 0) is 0 Å². The summed E-state index contributed by atoms with van der Waals surface area (Å²) in [6, 6.07) is 5.81. The molecule has 0 amide bonds. The fourth-order valence-electron chi connectivity index (χ4n) is 1.79. The lowest BCUT2D eigenvalue weighted by Gasteiger charge is -2.05. The molecule has 0 aliphatic rings. The maximum Gasteiger partial charge on any atom is 0.140 e. The van der Waals surface area contributed by atoms with Crippen molar-refractivity contribution in [1.82, 2.24) is 9.97 Å². The monoisotopic (exact) mass is 244 g/mol. The first kappa shape index (κ1) is 10.9. The lowest BCUT2D eigenvalue weighted by atomic mass is 10.1. The van der Waals surface area contributed by atoms with Crippen LogP contribution < -0.4 is 0 Å². The van der Waals surface area contributed by atoms with E-state index in [1.807, 2.05) is 0 Å². The summed E-state index contributed by atoms with van der Waals surface area (Å²) in [7, 11) is 0. The van der Waals surface area contributed by atoms with E-state index in [2.05, 4.69) is 9.97 Å². The van der Waals surface area contributed by atoms with Gasteiger partial charge in [-0.2, -0.15) is 0 Å². The molecule has 4 nitrogen and oxygen atoms in total. The van der Waals surface area contributed by atoms with Crippen molar-refractivity contribution >= 4 is 11.0 Å². The first-order valence-electron chi connectivity index (χ1n) is 5.36. The molecular weight excluding hydrogens is 235 g/mol. The van der Waals surface area contributed by atoms with Gasteiger partial charge in [-0.3, -0.25) is 0 Å². The quantitative estimate of drug-likeness (QED) is 0.752. The minimum atomic E-state index is -0.957. The van der Waals surface area contributed by atoms with Crippen LogP contribution in [0.5, 0.6) is 0 Å². The van der Waals surface area contributed by atoms with Crippen LogP contribution in [0.25, 0.3) is 11.0 Å². The summed E-state index contributed by atoms with van der Waals surface area (Å²) in [6.45, 7) is 0. The number of hydrogen-bond donors (Lipinski definition) is 1. The molecule has 5 heteroatoms. The summed E-state index contributed by atoms with van der Waals surface area (Å²) in [6.07, 6.45) is 3.43. The molecular formula is C13H9FN2O2. The first-order chi connectivity index (χ1) is 8.74. The summed E-state index contributed by atoms with van der Waals surface area (Å²) >= 11 is 0. The highest BCUT2D eigenvalue weighted by Gasteiger charge is 2.16. The molecule has 2 aromatic heterocycles. The van der Waals surface area contributed by atoms with Crippen LogP contribution >= 0.6 is 0 Å². The number of fused-ring (bicyclic) bond motifs is 1. The van der Waals surface area contributed by atoms with Gasteiger partial charge in [0.25, 0.3) is 0 Å². The fourth-order valence-corrected chi connectivity index (χ4v) is 1.79. The molecule has 3 aromatic rings. The van der Waals surface area contributed by atoms with Gasteiger partial charge in [-0.1, -0.05) is 0 Å². The van der Waals surface area contributed by atoms with E-state index in [1.165, 1.54) is 36.9 Å². The van der Waals surface area contributed by atoms with E-state index in [-0.39, 0.29) is 5.82 Å². The minimum absolute atomic E-state index is 0.338. The Morgan fingerprint density at radius 2 is 1.94 bits per heavy atom. The molecule has 0 aliphatic carbocycles. The van der Waals surface area contributed by atoms with Gasteiger partial charge >= 0.3 is 0 Å². The molecule has 0 spiro atoms. The second kappa shape index (κ2) is 4.19. The maximum absolute atomic E-state index is 13.0. The highest BCUT2D eigenvalue weighted by Crippen LogP contribution is 2.27. The standard InChI is InChI=1S/C13H9FN2O2/c14-10-1-2-11-8(3-10)4-12(18-11)13(17)9-5-15-7-16-6-9/h1-7,13,17H. The Bertz CT molecular complexity index is 682. The Morgan fingerprint density at radius 3 is 2.72 bits per heavy atom. The molecule has 90 valence electrons. The maximum atomic E-state index is 13.0. The van der Waals surface area contributed by atoms with E-state index in [1.54, 1.807) is 6.07 Å². The van der Waals surface area contributed by atoms with Crippen molar-refractivity contribution in [1.29, 1.82) is 0 Å². The summed E-state index contributed by atoms with van der Waals surface area (Å²) < 4.78 is 18.5. The number of aromatic nitrogens is 2. The van der Waals surface area contributed by atoms with Gasteiger partial charge in [-0.05, 0) is 24.3 Å². The Labute approximate surface area is 102 Å². The summed E-state index contributed by atoms with van der Waals surface area (Å²) in [5, 5.41) is 10.7. The largest absolute Gasteiger partial charge is 0.458 e. The average Bonchev–Trinajstić information content (AvgIpc) is 2.81. The number of rotatable bonds is 2. The van der Waals surface area contributed by atoms with Crippen molar-refractivity contribution in [3.05, 3.63) is 60.1 Å². The molecule has 3 rings (SSSR count). The molecule has 0 saturated heterocycles. The highest BCUT2D eigenvalue weighted by atomic mass is 19.1. The van der Waals surface area contributed by atoms with Crippen molar-refractivity contribution < 1.29 is 13.9 Å². The Balaban J connectivity index is 2.04. The minimum Gasteiger partial charge on any atom is -0.458 e. The van der Waals surface area contributed by atoms with Crippen LogP contribution in [0, 0.1) is 5.82 Å². The van der Waals surface area contributed by atoms with E-state index in [4.69, 9.17) is 4.42 Å². The molecule has 18 heavy (non-hydrogen) atoms. The van der Waals surface area contributed by atoms with Gasteiger partial charge in [0.2, 0.25) is 0 Å². The van der Waals surface area contributed by atoms with Crippen LogP contribution in [0.1, 0.15) is 17.4 Å². The third-order valence-corrected chi connectivity index (χ3v) is 2.66. The molecule has 0 fully saturated rings. The van der Waals surface area contributed by atoms with Gasteiger partial charge in [-0.15, -0.1) is 0 Å². The van der Waals surface area contributed by atoms with Crippen molar-refractivity contribution in [3.63, 3.8) is 0 Å². The van der Waals surface area contributed by atoms with Crippen LogP contribution in [0.3, 0.4) is 0 Å². The molecule has 0 radical (unpaired) electrons. The van der Waals surface area contributed by atoms with Gasteiger partial charge in [0.05, 0.1) is 0 Å². The summed E-state index contributed by atoms with van der Waals surface area (Å²) in [5.74, 6) is -0.00205. The van der Waals surface area contributed by atoms with Gasteiger partial charge in [0, 0.05) is 23.3 Å². The lowest BCUT2D eigenvalue weighted by molar-refractivity contribution is 0.191. The zero-order chi connectivity index (χ0) is 12.5. The lowest BCUT2D eigenvalue weighted by Crippen LogP contribution is -1.98. The number of benzene rings is 1. The van der Waals surface area contributed by atoms with Crippen molar-refractivity contribution in [3.8, 4) is 0 Å². The molecule has 1 N–H and O–H groups in total. The second-order valence-corrected chi connectivity index (χ2v) is 3.91. The van der Waals surface area contributed by atoms with Crippen molar-refractivity contribution in [2.24, 2.45) is 0 Å². The van der Waals surface area contributed by atoms with Gasteiger partial charge in [0.1, 0.15) is 29.6 Å². The zero-order valence-corrected chi connectivity index (χ0v) is 9.25. The molecule has 0 aliphatic heterocycles. The number of aliphatic hydroxyl groups is 1. The molecule has 0 saturated carbocycles. The van der Waals surface area contributed by atoms with Gasteiger partial charge in [-0.25, -0.2) is 14.4 Å². The Hall–Kier alpha value is -2.27. The normalized spacial score (nSPS) is 12.8. The predicted molar refractivity (Wildman–Crippen MR) is 62.3 cm³/mol. The molecule has 1 atom stereocenters. The molecule has 1 unspecified atom stereocenters. The molecule has 2 heterocycles. The van der Waals surface area contributed by atoms with Crippen molar-refractivity contribution in [2.75, 3.05) is 0 Å². The van der Waals surface area contributed by atoms with Gasteiger partial charge in [0.15, 0.2) is 0 Å². The fraction of sp³-hybridized carbons (Fsp3) is 0.0769. The molecule has 0 bridgehead atoms. The smallest absolute Gasteiger partial charge is 0.140 e. The van der Waals surface area contributed by atoms with Gasteiger partial charge < -0.3 is 9.52 Å².